The van der Waals surface area contributed by atoms with Crippen LogP contribution in [0.1, 0.15) is 72.1 Å². The number of carbonyl (C=O) groups excluding carboxylic acids is 1. The van der Waals surface area contributed by atoms with Crippen molar-refractivity contribution >= 4 is 5.78 Å². The standard InChI is InChI=1S/C17H28O/c1-4-16(2)10-5-11-17(3)13-7-8-14(18)12(13)6-9-15(16)17/h12-13,15H,4-11H2,1-3H3/t12-,13+,15+,16-,17-/m1/s1. The molecule has 3 fully saturated rings. The topological polar surface area (TPSA) is 17.1 Å². The fourth-order valence-electron chi connectivity index (χ4n) is 5.97. The summed E-state index contributed by atoms with van der Waals surface area (Å²) in [6.45, 7) is 7.42. The van der Waals surface area contributed by atoms with Crippen LogP contribution in [0.15, 0.2) is 0 Å². The minimum Gasteiger partial charge on any atom is -0.299 e. The molecule has 1 nitrogen and oxygen atoms in total. The number of carbonyl (C=O) groups is 1. The fourth-order valence-corrected chi connectivity index (χ4v) is 5.97. The van der Waals surface area contributed by atoms with Gasteiger partial charge < -0.3 is 0 Å². The molecule has 1 heteroatoms. The summed E-state index contributed by atoms with van der Waals surface area (Å²) >= 11 is 0. The molecule has 3 saturated carbocycles. The zero-order valence-electron chi connectivity index (χ0n) is 12.3. The van der Waals surface area contributed by atoms with Crippen molar-refractivity contribution in [3.8, 4) is 0 Å². The molecule has 0 saturated heterocycles. The van der Waals surface area contributed by atoms with Gasteiger partial charge in [-0.2, -0.15) is 0 Å². The lowest BCUT2D eigenvalue weighted by molar-refractivity contribution is -0.131. The maximum atomic E-state index is 12.1. The zero-order chi connectivity index (χ0) is 13.0. The summed E-state index contributed by atoms with van der Waals surface area (Å²) in [4.78, 5) is 12.1. The van der Waals surface area contributed by atoms with Gasteiger partial charge in [-0.3, -0.25) is 4.79 Å². The Labute approximate surface area is 112 Å². The highest BCUT2D eigenvalue weighted by Crippen LogP contribution is 2.64. The van der Waals surface area contributed by atoms with E-state index >= 15 is 0 Å². The average molecular weight is 248 g/mol. The van der Waals surface area contributed by atoms with Gasteiger partial charge in [0.15, 0.2) is 0 Å². The number of Topliss-reactive ketones (excluding diaryl/α,β-unsaturated/α-hetero) is 1. The Kier molecular flexibility index (Phi) is 2.88. The highest BCUT2D eigenvalue weighted by molar-refractivity contribution is 5.83. The Hall–Kier alpha value is -0.330. The molecule has 0 amide bonds. The first-order valence-corrected chi connectivity index (χ1v) is 8.04. The first kappa shape index (κ1) is 12.7. The molecular formula is C17H28O. The first-order chi connectivity index (χ1) is 8.51. The van der Waals surface area contributed by atoms with E-state index in [1.54, 1.807) is 0 Å². The third kappa shape index (κ3) is 1.55. The zero-order valence-corrected chi connectivity index (χ0v) is 12.3. The molecule has 5 atom stereocenters. The van der Waals surface area contributed by atoms with E-state index in [0.717, 1.165) is 18.3 Å². The molecule has 3 rings (SSSR count). The Bertz CT molecular complexity index is 361. The van der Waals surface area contributed by atoms with Gasteiger partial charge in [-0.1, -0.05) is 33.6 Å². The Morgan fingerprint density at radius 1 is 1.17 bits per heavy atom. The van der Waals surface area contributed by atoms with E-state index in [0.29, 0.717) is 22.5 Å². The van der Waals surface area contributed by atoms with Crippen LogP contribution in [0.25, 0.3) is 0 Å². The van der Waals surface area contributed by atoms with Gasteiger partial charge >= 0.3 is 0 Å². The lowest BCUT2D eigenvalue weighted by atomic mass is 9.46. The van der Waals surface area contributed by atoms with Gasteiger partial charge in [0.25, 0.3) is 0 Å². The quantitative estimate of drug-likeness (QED) is 0.663. The monoisotopic (exact) mass is 248 g/mol. The second-order valence-corrected chi connectivity index (χ2v) is 7.71. The van der Waals surface area contributed by atoms with Crippen molar-refractivity contribution in [1.82, 2.24) is 0 Å². The highest BCUT2D eigenvalue weighted by atomic mass is 16.1. The molecule has 0 spiro atoms. The molecule has 0 radical (unpaired) electrons. The minimum atomic E-state index is 0.436. The van der Waals surface area contributed by atoms with Crippen molar-refractivity contribution in [2.75, 3.05) is 0 Å². The molecular weight excluding hydrogens is 220 g/mol. The van der Waals surface area contributed by atoms with Crippen LogP contribution in [-0.2, 0) is 4.79 Å². The van der Waals surface area contributed by atoms with Crippen LogP contribution in [0.5, 0.6) is 0 Å². The van der Waals surface area contributed by atoms with Crippen LogP contribution < -0.4 is 0 Å². The largest absolute Gasteiger partial charge is 0.299 e. The van der Waals surface area contributed by atoms with Crippen molar-refractivity contribution in [2.45, 2.75) is 72.1 Å². The smallest absolute Gasteiger partial charge is 0.136 e. The summed E-state index contributed by atoms with van der Waals surface area (Å²) in [5.41, 5.74) is 1.02. The van der Waals surface area contributed by atoms with Crippen LogP contribution in [0.4, 0.5) is 0 Å². The maximum absolute atomic E-state index is 12.1. The van der Waals surface area contributed by atoms with E-state index in [2.05, 4.69) is 20.8 Å². The van der Waals surface area contributed by atoms with Crippen molar-refractivity contribution in [3.05, 3.63) is 0 Å². The summed E-state index contributed by atoms with van der Waals surface area (Å²) in [5.74, 6) is 2.61. The van der Waals surface area contributed by atoms with Gasteiger partial charge in [-0.15, -0.1) is 0 Å². The molecule has 0 aromatic heterocycles. The number of rotatable bonds is 1. The SMILES string of the molecule is CC[C@]1(C)CCC[C@]2(C)[C@H]3CCC(=O)[C@@H]3CC[C@@H]12. The third-order valence-electron chi connectivity index (χ3n) is 7.12. The van der Waals surface area contributed by atoms with Gasteiger partial charge in [0, 0.05) is 12.3 Å². The predicted molar refractivity (Wildman–Crippen MR) is 74.3 cm³/mol. The average Bonchev–Trinajstić information content (AvgIpc) is 2.72. The van der Waals surface area contributed by atoms with E-state index in [-0.39, 0.29) is 0 Å². The molecule has 0 aliphatic heterocycles. The van der Waals surface area contributed by atoms with Crippen molar-refractivity contribution in [2.24, 2.45) is 28.6 Å². The second kappa shape index (κ2) is 4.08. The van der Waals surface area contributed by atoms with Crippen LogP contribution in [0.2, 0.25) is 0 Å². The summed E-state index contributed by atoms with van der Waals surface area (Å²) < 4.78 is 0. The molecule has 18 heavy (non-hydrogen) atoms. The van der Waals surface area contributed by atoms with Crippen LogP contribution in [-0.4, -0.2) is 5.78 Å². The van der Waals surface area contributed by atoms with Crippen molar-refractivity contribution in [3.63, 3.8) is 0 Å². The Morgan fingerprint density at radius 3 is 2.67 bits per heavy atom. The first-order valence-electron chi connectivity index (χ1n) is 8.04. The highest BCUT2D eigenvalue weighted by Gasteiger charge is 2.57. The van der Waals surface area contributed by atoms with Crippen molar-refractivity contribution in [1.29, 1.82) is 0 Å². The summed E-state index contributed by atoms with van der Waals surface area (Å²) in [5, 5.41) is 0. The molecule has 3 aliphatic carbocycles. The van der Waals surface area contributed by atoms with Gasteiger partial charge in [-0.25, -0.2) is 0 Å². The summed E-state index contributed by atoms with van der Waals surface area (Å²) in [7, 11) is 0. The number of ketones is 1. The van der Waals surface area contributed by atoms with Gasteiger partial charge in [-0.05, 0) is 54.8 Å². The molecule has 0 aromatic carbocycles. The normalized spacial score (nSPS) is 51.9. The molecule has 0 heterocycles. The summed E-state index contributed by atoms with van der Waals surface area (Å²) in [6.07, 6.45) is 10.1. The molecule has 0 aromatic rings. The molecule has 0 N–H and O–H groups in total. The van der Waals surface area contributed by atoms with Gasteiger partial charge in [0.1, 0.15) is 5.78 Å². The van der Waals surface area contributed by atoms with E-state index < -0.39 is 0 Å². The molecule has 0 bridgehead atoms. The number of hydrogen-bond acceptors (Lipinski definition) is 1. The maximum Gasteiger partial charge on any atom is 0.136 e. The van der Waals surface area contributed by atoms with Crippen LogP contribution >= 0.6 is 0 Å². The van der Waals surface area contributed by atoms with Gasteiger partial charge in [0.05, 0.1) is 0 Å². The predicted octanol–water partition coefficient (Wildman–Crippen LogP) is 4.60. The van der Waals surface area contributed by atoms with E-state index in [9.17, 15) is 4.79 Å². The molecule has 0 unspecified atom stereocenters. The van der Waals surface area contributed by atoms with E-state index in [1.807, 2.05) is 0 Å². The Morgan fingerprint density at radius 2 is 1.94 bits per heavy atom. The lowest BCUT2D eigenvalue weighted by Gasteiger charge is -2.59. The van der Waals surface area contributed by atoms with Crippen LogP contribution in [0.3, 0.4) is 0 Å². The minimum absolute atomic E-state index is 0.436. The second-order valence-electron chi connectivity index (χ2n) is 7.71. The molecule has 102 valence electrons. The third-order valence-corrected chi connectivity index (χ3v) is 7.12. The summed E-state index contributed by atoms with van der Waals surface area (Å²) in [6, 6.07) is 0. The Balaban J connectivity index is 1.95. The lowest BCUT2D eigenvalue weighted by Crippen LogP contribution is -2.51. The number of fused-ring (bicyclic) bond motifs is 3. The van der Waals surface area contributed by atoms with E-state index in [1.165, 1.54) is 44.9 Å². The van der Waals surface area contributed by atoms with Crippen LogP contribution in [0, 0.1) is 28.6 Å². The fraction of sp³-hybridized carbons (Fsp3) is 0.941. The molecule has 3 aliphatic rings. The van der Waals surface area contributed by atoms with E-state index in [4.69, 9.17) is 0 Å². The van der Waals surface area contributed by atoms with Crippen molar-refractivity contribution < 1.29 is 4.79 Å². The van der Waals surface area contributed by atoms with Gasteiger partial charge in [0.2, 0.25) is 0 Å². The number of hydrogen-bond donors (Lipinski definition) is 0.